The van der Waals surface area contributed by atoms with E-state index in [0.29, 0.717) is 52.8 Å². The first-order valence-electron chi connectivity index (χ1n) is 4.75. The Labute approximate surface area is 107 Å². The Hall–Kier alpha value is 0.880. The third kappa shape index (κ3) is 14.9. The van der Waals surface area contributed by atoms with Gasteiger partial charge in [-0.2, -0.15) is 0 Å². The van der Waals surface area contributed by atoms with Crippen molar-refractivity contribution in [1.82, 2.24) is 0 Å². The monoisotopic (exact) mass is 351 g/mol. The summed E-state index contributed by atoms with van der Waals surface area (Å²) in [4.78, 5) is 0. The maximum Gasteiger partial charge on any atom is 0.0857 e. The molecule has 0 radical (unpaired) electrons. The highest BCUT2D eigenvalue weighted by Crippen LogP contribution is 2.10. The van der Waals surface area contributed by atoms with Crippen molar-refractivity contribution in [2.45, 2.75) is 0 Å². The minimum absolute atomic E-state index is 0.554. The van der Waals surface area contributed by atoms with Gasteiger partial charge in [0.25, 0.3) is 0 Å². The van der Waals surface area contributed by atoms with Gasteiger partial charge in [0, 0.05) is 27.8 Å². The van der Waals surface area contributed by atoms with E-state index in [-0.39, 0.29) is 0 Å². The second-order valence-electron chi connectivity index (χ2n) is 2.51. The van der Waals surface area contributed by atoms with Crippen LogP contribution in [0.3, 0.4) is 0 Å². The summed E-state index contributed by atoms with van der Waals surface area (Å²) in [6, 6.07) is 0. The van der Waals surface area contributed by atoms with E-state index >= 15 is 0 Å². The summed E-state index contributed by atoms with van der Waals surface area (Å²) in [6.45, 7) is 4.70. The quantitative estimate of drug-likeness (QED) is 0.322. The van der Waals surface area contributed by atoms with Crippen molar-refractivity contribution in [1.29, 1.82) is 0 Å². The van der Waals surface area contributed by atoms with Crippen molar-refractivity contribution in [3.05, 3.63) is 0 Å². The van der Waals surface area contributed by atoms with E-state index in [4.69, 9.17) is 24.1 Å². The average Bonchev–Trinajstić information content (AvgIpc) is 2.26. The van der Waals surface area contributed by atoms with Crippen LogP contribution in [0.2, 0.25) is 0 Å². The number of rotatable bonds is 12. The zero-order chi connectivity index (χ0) is 11.2. The van der Waals surface area contributed by atoms with Crippen molar-refractivity contribution in [2.75, 3.05) is 52.8 Å². The van der Waals surface area contributed by atoms with Gasteiger partial charge in [0.05, 0.1) is 55.5 Å². The molecule has 0 aliphatic heterocycles. The van der Waals surface area contributed by atoms with Gasteiger partial charge in [-0.1, -0.05) is 0 Å². The van der Waals surface area contributed by atoms with E-state index in [9.17, 15) is 0 Å². The van der Waals surface area contributed by atoms with Gasteiger partial charge in [-0.05, 0) is 0 Å². The number of hydrogen-bond donors (Lipinski definition) is 1. The fraction of sp³-hybridized carbons (Fsp3) is 1.00. The molecule has 0 saturated heterocycles. The molecule has 92 valence electrons. The molecule has 0 aromatic carbocycles. The molecule has 15 heavy (non-hydrogen) atoms. The van der Waals surface area contributed by atoms with Gasteiger partial charge < -0.3 is 24.1 Å². The Kier molecular flexibility index (Phi) is 15.8. The zero-order valence-corrected chi connectivity index (χ0v) is 11.6. The molecule has 0 aliphatic rings. The van der Waals surface area contributed by atoms with Crippen LogP contribution in [0.15, 0.2) is 0 Å². The Bertz CT molecular complexity index is 111. The Morgan fingerprint density at radius 1 is 0.800 bits per heavy atom. The Morgan fingerprint density at radius 2 is 1.27 bits per heavy atom. The van der Waals surface area contributed by atoms with Gasteiger partial charge >= 0.3 is 0 Å². The third-order valence-corrected chi connectivity index (χ3v) is 2.38. The first kappa shape index (κ1) is 15.9. The summed E-state index contributed by atoms with van der Waals surface area (Å²) in [5, 5.41) is 0. The molecular formula is C8H18INO4S. The standard InChI is InChI=1S/C8H18INO4S/c9-15-14-8-7-13-6-5-12-4-3-11-2-1-10/h1-8,10H2. The van der Waals surface area contributed by atoms with Crippen LogP contribution in [-0.4, -0.2) is 52.8 Å². The van der Waals surface area contributed by atoms with Crippen LogP contribution in [0.5, 0.6) is 0 Å². The van der Waals surface area contributed by atoms with Crippen LogP contribution in [0.4, 0.5) is 0 Å². The molecule has 0 fully saturated rings. The smallest absolute Gasteiger partial charge is 0.0857 e. The fourth-order valence-corrected chi connectivity index (χ4v) is 1.42. The second-order valence-corrected chi connectivity index (χ2v) is 3.95. The summed E-state index contributed by atoms with van der Waals surface area (Å²) in [6.07, 6.45) is 0. The molecule has 0 aliphatic carbocycles. The Balaban J connectivity index is 2.81. The molecule has 0 saturated carbocycles. The van der Waals surface area contributed by atoms with Crippen LogP contribution >= 0.6 is 30.4 Å². The molecule has 5 nitrogen and oxygen atoms in total. The first-order chi connectivity index (χ1) is 7.41. The molecule has 0 rings (SSSR count). The van der Waals surface area contributed by atoms with Gasteiger partial charge in [0.15, 0.2) is 0 Å². The summed E-state index contributed by atoms with van der Waals surface area (Å²) in [7, 11) is 1.31. The fourth-order valence-electron chi connectivity index (χ4n) is 0.750. The minimum Gasteiger partial charge on any atom is -0.378 e. The van der Waals surface area contributed by atoms with E-state index in [2.05, 4.69) is 21.2 Å². The van der Waals surface area contributed by atoms with Gasteiger partial charge in [-0.25, -0.2) is 0 Å². The van der Waals surface area contributed by atoms with E-state index in [1.807, 2.05) is 0 Å². The molecule has 0 aromatic heterocycles. The summed E-state index contributed by atoms with van der Waals surface area (Å²) in [5.74, 6) is 0. The predicted octanol–water partition coefficient (Wildman–Crippen LogP) is 1.01. The molecule has 0 aromatic rings. The lowest BCUT2D eigenvalue weighted by Gasteiger charge is -2.05. The Morgan fingerprint density at radius 3 is 1.73 bits per heavy atom. The van der Waals surface area contributed by atoms with Crippen molar-refractivity contribution in [3.8, 4) is 0 Å². The van der Waals surface area contributed by atoms with Crippen LogP contribution in [0.25, 0.3) is 0 Å². The van der Waals surface area contributed by atoms with Gasteiger partial charge in [0.1, 0.15) is 0 Å². The van der Waals surface area contributed by atoms with E-state index in [1.54, 1.807) is 0 Å². The lowest BCUT2D eigenvalue weighted by molar-refractivity contribution is 0.0117. The molecule has 7 heteroatoms. The third-order valence-electron chi connectivity index (χ3n) is 1.36. The minimum atomic E-state index is 0.554. The summed E-state index contributed by atoms with van der Waals surface area (Å²) < 4.78 is 20.6. The lowest BCUT2D eigenvalue weighted by Crippen LogP contribution is -2.14. The maximum absolute atomic E-state index is 5.25. The molecular weight excluding hydrogens is 333 g/mol. The average molecular weight is 351 g/mol. The number of halogens is 1. The zero-order valence-electron chi connectivity index (χ0n) is 8.65. The van der Waals surface area contributed by atoms with E-state index < -0.39 is 0 Å². The topological polar surface area (TPSA) is 62.9 Å². The van der Waals surface area contributed by atoms with Crippen LogP contribution in [-0.2, 0) is 18.4 Å². The summed E-state index contributed by atoms with van der Waals surface area (Å²) >= 11 is 2.07. The normalized spacial score (nSPS) is 10.8. The molecule has 0 amide bonds. The first-order valence-corrected chi connectivity index (χ1v) is 8.03. The molecule has 0 heterocycles. The maximum atomic E-state index is 5.25. The van der Waals surface area contributed by atoms with Crippen LogP contribution < -0.4 is 5.73 Å². The highest BCUT2D eigenvalue weighted by molar-refractivity contribution is 14.2. The van der Waals surface area contributed by atoms with Crippen LogP contribution in [0, 0.1) is 0 Å². The van der Waals surface area contributed by atoms with E-state index in [1.165, 1.54) is 9.21 Å². The molecule has 0 atom stereocenters. The number of ether oxygens (including phenoxy) is 3. The summed E-state index contributed by atoms with van der Waals surface area (Å²) in [5.41, 5.74) is 5.25. The SMILES string of the molecule is NCCOCCOCCOCCOSI. The number of hydrogen-bond acceptors (Lipinski definition) is 6. The molecule has 0 unspecified atom stereocenters. The van der Waals surface area contributed by atoms with E-state index in [0.717, 1.165) is 0 Å². The van der Waals surface area contributed by atoms with Gasteiger partial charge in [-0.15, -0.1) is 0 Å². The van der Waals surface area contributed by atoms with Crippen molar-refractivity contribution < 1.29 is 18.4 Å². The van der Waals surface area contributed by atoms with Crippen molar-refractivity contribution in [3.63, 3.8) is 0 Å². The van der Waals surface area contributed by atoms with Crippen molar-refractivity contribution >= 4 is 30.4 Å². The largest absolute Gasteiger partial charge is 0.378 e. The lowest BCUT2D eigenvalue weighted by atomic mass is 10.7. The predicted molar refractivity (Wildman–Crippen MR) is 69.1 cm³/mol. The highest BCUT2D eigenvalue weighted by atomic mass is 127. The molecule has 0 bridgehead atoms. The number of nitrogens with two attached hydrogens (primary N) is 1. The van der Waals surface area contributed by atoms with Crippen molar-refractivity contribution in [2.24, 2.45) is 5.73 Å². The molecule has 0 spiro atoms. The molecule has 2 N–H and O–H groups in total. The van der Waals surface area contributed by atoms with Crippen LogP contribution in [0.1, 0.15) is 0 Å². The second kappa shape index (κ2) is 14.9. The van der Waals surface area contributed by atoms with Gasteiger partial charge in [-0.3, -0.25) is 0 Å². The highest BCUT2D eigenvalue weighted by Gasteiger charge is 1.91. The van der Waals surface area contributed by atoms with Gasteiger partial charge in [0.2, 0.25) is 0 Å².